The standard InChI is InChI=1S/C20H23NO/c1-15(22)21-19(14-20(2,3)4)18-12-10-17(11-13-18)16-8-6-5-7-9-16/h5-13H,14H2,1-4H3. The Morgan fingerprint density at radius 2 is 1.45 bits per heavy atom. The molecule has 0 N–H and O–H groups in total. The van der Waals surface area contributed by atoms with E-state index in [4.69, 9.17) is 0 Å². The maximum Gasteiger partial charge on any atom is 0.242 e. The number of hydrogen-bond donors (Lipinski definition) is 0. The summed E-state index contributed by atoms with van der Waals surface area (Å²) >= 11 is 0. The molecule has 0 radical (unpaired) electrons. The summed E-state index contributed by atoms with van der Waals surface area (Å²) in [6.45, 7) is 7.96. The third-order valence-corrected chi connectivity index (χ3v) is 3.32. The molecule has 2 aromatic carbocycles. The smallest absolute Gasteiger partial charge is 0.242 e. The fourth-order valence-corrected chi connectivity index (χ4v) is 2.38. The molecule has 1 amide bonds. The van der Waals surface area contributed by atoms with Gasteiger partial charge in [0.25, 0.3) is 0 Å². The van der Waals surface area contributed by atoms with Gasteiger partial charge in [-0.2, -0.15) is 0 Å². The highest BCUT2D eigenvalue weighted by molar-refractivity contribution is 6.06. The Balaban J connectivity index is 2.32. The molecule has 0 saturated carbocycles. The van der Waals surface area contributed by atoms with Crippen molar-refractivity contribution >= 4 is 11.6 Å². The molecule has 0 unspecified atom stereocenters. The van der Waals surface area contributed by atoms with Gasteiger partial charge >= 0.3 is 0 Å². The SMILES string of the molecule is CC(=O)N=C(CC(C)(C)C)c1ccc(-c2ccccc2)cc1. The molecular weight excluding hydrogens is 270 g/mol. The van der Waals surface area contributed by atoms with E-state index in [9.17, 15) is 4.79 Å². The van der Waals surface area contributed by atoms with Crippen molar-refractivity contribution in [2.75, 3.05) is 0 Å². The first-order chi connectivity index (χ1) is 10.3. The predicted octanol–water partition coefficient (Wildman–Crippen LogP) is 5.13. The van der Waals surface area contributed by atoms with Crippen LogP contribution in [0.2, 0.25) is 0 Å². The lowest BCUT2D eigenvalue weighted by Crippen LogP contribution is -2.15. The Labute approximate surface area is 132 Å². The van der Waals surface area contributed by atoms with E-state index in [-0.39, 0.29) is 11.3 Å². The number of nitrogens with zero attached hydrogens (tertiary/aromatic N) is 1. The van der Waals surface area contributed by atoms with Crippen LogP contribution in [0.4, 0.5) is 0 Å². The zero-order chi connectivity index (χ0) is 16.2. The fourth-order valence-electron chi connectivity index (χ4n) is 2.38. The van der Waals surface area contributed by atoms with E-state index in [0.29, 0.717) is 0 Å². The van der Waals surface area contributed by atoms with Crippen LogP contribution in [-0.2, 0) is 4.79 Å². The molecule has 0 aliphatic rings. The summed E-state index contributed by atoms with van der Waals surface area (Å²) < 4.78 is 0. The van der Waals surface area contributed by atoms with Gasteiger partial charge in [0.2, 0.25) is 5.91 Å². The topological polar surface area (TPSA) is 29.4 Å². The molecule has 2 rings (SSSR count). The lowest BCUT2D eigenvalue weighted by atomic mass is 9.87. The lowest BCUT2D eigenvalue weighted by molar-refractivity contribution is -0.115. The quantitative estimate of drug-likeness (QED) is 0.722. The van der Waals surface area contributed by atoms with Gasteiger partial charge in [0, 0.05) is 6.92 Å². The van der Waals surface area contributed by atoms with Crippen LogP contribution in [0.5, 0.6) is 0 Å². The van der Waals surface area contributed by atoms with Crippen LogP contribution in [0.25, 0.3) is 11.1 Å². The lowest BCUT2D eigenvalue weighted by Gasteiger charge is -2.19. The molecule has 22 heavy (non-hydrogen) atoms. The Morgan fingerprint density at radius 3 is 1.95 bits per heavy atom. The van der Waals surface area contributed by atoms with Crippen LogP contribution < -0.4 is 0 Å². The first kappa shape index (κ1) is 16.2. The summed E-state index contributed by atoms with van der Waals surface area (Å²) in [4.78, 5) is 15.6. The van der Waals surface area contributed by atoms with Crippen LogP contribution in [0.3, 0.4) is 0 Å². The van der Waals surface area contributed by atoms with Crippen molar-refractivity contribution in [2.45, 2.75) is 34.1 Å². The van der Waals surface area contributed by atoms with Crippen LogP contribution in [0, 0.1) is 5.41 Å². The molecule has 2 heteroatoms. The van der Waals surface area contributed by atoms with Crippen LogP contribution in [-0.4, -0.2) is 11.6 Å². The van der Waals surface area contributed by atoms with E-state index in [0.717, 1.165) is 17.7 Å². The minimum absolute atomic E-state index is 0.0897. The Hall–Kier alpha value is -2.22. The highest BCUT2D eigenvalue weighted by atomic mass is 16.1. The number of amides is 1. The van der Waals surface area contributed by atoms with Gasteiger partial charge in [0.15, 0.2) is 0 Å². The van der Waals surface area contributed by atoms with Gasteiger partial charge in [-0.05, 0) is 28.5 Å². The normalized spacial score (nSPS) is 12.3. The van der Waals surface area contributed by atoms with E-state index in [1.165, 1.54) is 18.1 Å². The first-order valence-electron chi connectivity index (χ1n) is 7.59. The van der Waals surface area contributed by atoms with Gasteiger partial charge in [0.1, 0.15) is 0 Å². The van der Waals surface area contributed by atoms with Gasteiger partial charge < -0.3 is 0 Å². The van der Waals surface area contributed by atoms with Crippen molar-refractivity contribution in [3.05, 3.63) is 60.2 Å². The van der Waals surface area contributed by atoms with Gasteiger partial charge in [-0.25, -0.2) is 4.99 Å². The van der Waals surface area contributed by atoms with Gasteiger partial charge in [0.05, 0.1) is 5.71 Å². The second kappa shape index (κ2) is 6.69. The number of carbonyl (C=O) groups excluding carboxylic acids is 1. The largest absolute Gasteiger partial charge is 0.273 e. The number of carbonyl (C=O) groups is 1. The van der Waals surface area contributed by atoms with Crippen molar-refractivity contribution in [3.8, 4) is 11.1 Å². The number of benzene rings is 2. The van der Waals surface area contributed by atoms with Crippen molar-refractivity contribution in [3.63, 3.8) is 0 Å². The van der Waals surface area contributed by atoms with E-state index < -0.39 is 0 Å². The fraction of sp³-hybridized carbons (Fsp3) is 0.300. The van der Waals surface area contributed by atoms with E-state index in [2.05, 4.69) is 62.2 Å². The highest BCUT2D eigenvalue weighted by Gasteiger charge is 2.16. The molecule has 114 valence electrons. The van der Waals surface area contributed by atoms with Gasteiger partial charge in [-0.3, -0.25) is 4.79 Å². The molecule has 0 atom stereocenters. The summed E-state index contributed by atoms with van der Waals surface area (Å²) in [7, 11) is 0. The molecule has 0 spiro atoms. The van der Waals surface area contributed by atoms with E-state index in [1.54, 1.807) is 0 Å². The minimum atomic E-state index is -0.147. The summed E-state index contributed by atoms with van der Waals surface area (Å²) in [6.07, 6.45) is 0.775. The van der Waals surface area contributed by atoms with Crippen molar-refractivity contribution in [1.29, 1.82) is 0 Å². The molecule has 0 aliphatic carbocycles. The summed E-state index contributed by atoms with van der Waals surface area (Å²) in [5.74, 6) is -0.147. The average Bonchev–Trinajstić information content (AvgIpc) is 2.46. The molecule has 0 bridgehead atoms. The second-order valence-electron chi connectivity index (χ2n) is 6.76. The maximum absolute atomic E-state index is 11.4. The third kappa shape index (κ3) is 4.66. The van der Waals surface area contributed by atoms with Crippen molar-refractivity contribution in [2.24, 2.45) is 10.4 Å². The Bertz CT molecular complexity index is 661. The number of hydrogen-bond acceptors (Lipinski definition) is 1. The van der Waals surface area contributed by atoms with Crippen LogP contribution in [0.1, 0.15) is 39.7 Å². The molecule has 0 saturated heterocycles. The average molecular weight is 293 g/mol. The monoisotopic (exact) mass is 293 g/mol. The number of aliphatic imine (C=N–C) groups is 1. The molecule has 0 heterocycles. The van der Waals surface area contributed by atoms with Crippen molar-refractivity contribution in [1.82, 2.24) is 0 Å². The molecule has 2 aromatic rings. The van der Waals surface area contributed by atoms with Crippen LogP contribution in [0.15, 0.2) is 59.6 Å². The van der Waals surface area contributed by atoms with E-state index >= 15 is 0 Å². The molecule has 0 aliphatic heterocycles. The zero-order valence-electron chi connectivity index (χ0n) is 13.8. The Morgan fingerprint density at radius 1 is 0.909 bits per heavy atom. The Kier molecular flexibility index (Phi) is 4.92. The summed E-state index contributed by atoms with van der Waals surface area (Å²) in [6, 6.07) is 18.5. The minimum Gasteiger partial charge on any atom is -0.273 e. The van der Waals surface area contributed by atoms with Crippen molar-refractivity contribution < 1.29 is 4.79 Å². The van der Waals surface area contributed by atoms with Gasteiger partial charge in [-0.1, -0.05) is 75.4 Å². The van der Waals surface area contributed by atoms with Gasteiger partial charge in [-0.15, -0.1) is 0 Å². The molecule has 2 nitrogen and oxygen atoms in total. The number of rotatable bonds is 3. The third-order valence-electron chi connectivity index (χ3n) is 3.32. The summed E-state index contributed by atoms with van der Waals surface area (Å²) in [5, 5.41) is 0. The highest BCUT2D eigenvalue weighted by Crippen LogP contribution is 2.24. The maximum atomic E-state index is 11.4. The predicted molar refractivity (Wildman–Crippen MR) is 93.2 cm³/mol. The molecule has 0 fully saturated rings. The van der Waals surface area contributed by atoms with Crippen LogP contribution >= 0.6 is 0 Å². The molecule has 0 aromatic heterocycles. The second-order valence-corrected chi connectivity index (χ2v) is 6.76. The first-order valence-corrected chi connectivity index (χ1v) is 7.59. The van der Waals surface area contributed by atoms with E-state index in [1.807, 2.05) is 18.2 Å². The summed E-state index contributed by atoms with van der Waals surface area (Å²) in [5.41, 5.74) is 4.33. The molecular formula is C20H23NO. The zero-order valence-corrected chi connectivity index (χ0v) is 13.8.